The largest absolute Gasteiger partial charge is 0.483 e. The molecule has 108 valence electrons. The first-order chi connectivity index (χ1) is 9.72. The average Bonchev–Trinajstić information content (AvgIpc) is 2.88. The molecule has 0 aliphatic carbocycles. The Balaban J connectivity index is 1.64. The molecular formula is C13H17FN4O2. The quantitative estimate of drug-likeness (QED) is 0.777. The summed E-state index contributed by atoms with van der Waals surface area (Å²) in [5, 5.41) is 4.86. The molecule has 2 aliphatic rings. The molecule has 2 aliphatic heterocycles. The molecule has 20 heavy (non-hydrogen) atoms. The lowest BCUT2D eigenvalue weighted by Crippen LogP contribution is -2.50. The highest BCUT2D eigenvalue weighted by Gasteiger charge is 2.22. The Morgan fingerprint density at radius 3 is 2.75 bits per heavy atom. The van der Waals surface area contributed by atoms with Crippen molar-refractivity contribution < 1.29 is 13.9 Å². The molecule has 0 unspecified atom stereocenters. The highest BCUT2D eigenvalue weighted by Crippen LogP contribution is 2.18. The number of hydrazine groups is 1. The molecular weight excluding hydrogens is 263 g/mol. The van der Waals surface area contributed by atoms with Crippen molar-refractivity contribution in [3.8, 4) is 5.75 Å². The van der Waals surface area contributed by atoms with Gasteiger partial charge in [-0.1, -0.05) is 0 Å². The van der Waals surface area contributed by atoms with E-state index in [1.165, 1.54) is 12.1 Å². The van der Waals surface area contributed by atoms with E-state index in [1.54, 1.807) is 0 Å². The lowest BCUT2D eigenvalue weighted by molar-refractivity contribution is 0.0818. The van der Waals surface area contributed by atoms with Gasteiger partial charge >= 0.3 is 0 Å². The van der Waals surface area contributed by atoms with Crippen LogP contribution >= 0.6 is 0 Å². The summed E-state index contributed by atoms with van der Waals surface area (Å²) in [6.07, 6.45) is 2.10. The number of nitrogens with zero attached hydrogens (tertiary/aromatic N) is 2. The molecule has 0 radical (unpaired) electrons. The summed E-state index contributed by atoms with van der Waals surface area (Å²) < 4.78 is 19.2. The van der Waals surface area contributed by atoms with Crippen LogP contribution in [0, 0.1) is 5.95 Å². The number of halogens is 1. The van der Waals surface area contributed by atoms with Gasteiger partial charge in [-0.3, -0.25) is 10.2 Å². The van der Waals surface area contributed by atoms with Crippen molar-refractivity contribution >= 4 is 5.91 Å². The summed E-state index contributed by atoms with van der Waals surface area (Å²) in [5.74, 6) is -1.04. The van der Waals surface area contributed by atoms with Crippen LogP contribution in [-0.2, 0) is 0 Å². The lowest BCUT2D eigenvalue weighted by Gasteiger charge is -2.27. The van der Waals surface area contributed by atoms with Crippen molar-refractivity contribution in [2.75, 3.05) is 26.2 Å². The number of rotatable bonds is 4. The Morgan fingerprint density at radius 2 is 2.15 bits per heavy atom. The maximum atomic E-state index is 13.8. The van der Waals surface area contributed by atoms with Gasteiger partial charge in [-0.05, 0) is 25.0 Å². The molecule has 2 N–H and O–H groups in total. The Morgan fingerprint density at radius 1 is 1.40 bits per heavy atom. The molecule has 0 bridgehead atoms. The number of carbonyl (C=O) groups is 1. The van der Waals surface area contributed by atoms with E-state index in [1.807, 2.05) is 5.01 Å². The van der Waals surface area contributed by atoms with Gasteiger partial charge in [-0.2, -0.15) is 4.39 Å². The number of nitrogens with one attached hydrogen (secondary N) is 2. The smallest absolute Gasteiger partial charge is 0.284 e. The zero-order valence-electron chi connectivity index (χ0n) is 11.1. The standard InChI is InChI=1S/C13H17FN4O2/c14-12-11(20-9-7-15-8-9)4-3-10(16-12)13(19)17-18-5-1-2-6-18/h3-4,9,15H,1-2,5-8H2,(H,17,19). The fourth-order valence-electron chi connectivity index (χ4n) is 2.19. The predicted molar refractivity (Wildman–Crippen MR) is 69.8 cm³/mol. The average molecular weight is 280 g/mol. The highest BCUT2D eigenvalue weighted by atomic mass is 19.1. The van der Waals surface area contributed by atoms with Crippen LogP contribution in [-0.4, -0.2) is 48.2 Å². The van der Waals surface area contributed by atoms with Crippen LogP contribution in [0.5, 0.6) is 5.75 Å². The van der Waals surface area contributed by atoms with Gasteiger partial charge in [0.05, 0.1) is 0 Å². The van der Waals surface area contributed by atoms with Crippen molar-refractivity contribution in [2.45, 2.75) is 18.9 Å². The fourth-order valence-corrected chi connectivity index (χ4v) is 2.19. The van der Waals surface area contributed by atoms with E-state index in [9.17, 15) is 9.18 Å². The number of hydrogen-bond acceptors (Lipinski definition) is 5. The van der Waals surface area contributed by atoms with Crippen molar-refractivity contribution in [3.05, 3.63) is 23.8 Å². The second kappa shape index (κ2) is 5.72. The number of pyridine rings is 1. The molecule has 3 heterocycles. The van der Waals surface area contributed by atoms with Gasteiger partial charge in [0.25, 0.3) is 11.9 Å². The first-order valence-corrected chi connectivity index (χ1v) is 6.82. The van der Waals surface area contributed by atoms with Crippen LogP contribution in [0.25, 0.3) is 0 Å². The van der Waals surface area contributed by atoms with E-state index in [0.29, 0.717) is 13.1 Å². The van der Waals surface area contributed by atoms with Crippen molar-refractivity contribution in [2.24, 2.45) is 0 Å². The first kappa shape index (κ1) is 13.3. The van der Waals surface area contributed by atoms with Gasteiger partial charge in [0, 0.05) is 26.2 Å². The maximum absolute atomic E-state index is 13.8. The van der Waals surface area contributed by atoms with Crippen molar-refractivity contribution in [1.82, 2.24) is 20.7 Å². The first-order valence-electron chi connectivity index (χ1n) is 6.82. The molecule has 0 spiro atoms. The summed E-state index contributed by atoms with van der Waals surface area (Å²) in [5.41, 5.74) is 2.78. The summed E-state index contributed by atoms with van der Waals surface area (Å²) in [4.78, 5) is 15.6. The number of aromatic nitrogens is 1. The van der Waals surface area contributed by atoms with Gasteiger partial charge < -0.3 is 10.1 Å². The van der Waals surface area contributed by atoms with Gasteiger partial charge in [-0.15, -0.1) is 0 Å². The Bertz CT molecular complexity index is 501. The van der Waals surface area contributed by atoms with E-state index in [0.717, 1.165) is 25.9 Å². The molecule has 0 aromatic carbocycles. The molecule has 1 aromatic rings. The zero-order valence-corrected chi connectivity index (χ0v) is 11.1. The Kier molecular flexibility index (Phi) is 3.79. The van der Waals surface area contributed by atoms with E-state index >= 15 is 0 Å². The molecule has 2 saturated heterocycles. The molecule has 3 rings (SSSR count). The summed E-state index contributed by atoms with van der Waals surface area (Å²) >= 11 is 0. The number of ether oxygens (including phenoxy) is 1. The van der Waals surface area contributed by atoms with E-state index in [-0.39, 0.29) is 23.5 Å². The second-order valence-corrected chi connectivity index (χ2v) is 5.02. The molecule has 1 aromatic heterocycles. The van der Waals surface area contributed by atoms with Crippen LogP contribution in [0.2, 0.25) is 0 Å². The predicted octanol–water partition coefficient (Wildman–Crippen LogP) is 0.312. The third-order valence-corrected chi connectivity index (χ3v) is 3.45. The maximum Gasteiger partial charge on any atom is 0.284 e. The van der Waals surface area contributed by atoms with Crippen molar-refractivity contribution in [3.63, 3.8) is 0 Å². The van der Waals surface area contributed by atoms with Crippen LogP contribution in [0.1, 0.15) is 23.3 Å². The normalized spacial score (nSPS) is 19.6. The minimum absolute atomic E-state index is 0.0180. The van der Waals surface area contributed by atoms with Gasteiger partial charge in [0.2, 0.25) is 0 Å². The summed E-state index contributed by atoms with van der Waals surface area (Å²) in [7, 11) is 0. The minimum Gasteiger partial charge on any atom is -0.483 e. The molecule has 1 amide bonds. The van der Waals surface area contributed by atoms with E-state index in [4.69, 9.17) is 4.74 Å². The van der Waals surface area contributed by atoms with Crippen LogP contribution < -0.4 is 15.5 Å². The topological polar surface area (TPSA) is 66.5 Å². The van der Waals surface area contributed by atoms with Crippen LogP contribution in [0.15, 0.2) is 12.1 Å². The van der Waals surface area contributed by atoms with Gasteiger partial charge in [-0.25, -0.2) is 9.99 Å². The molecule has 6 nitrogen and oxygen atoms in total. The van der Waals surface area contributed by atoms with Crippen LogP contribution in [0.3, 0.4) is 0 Å². The third-order valence-electron chi connectivity index (χ3n) is 3.45. The highest BCUT2D eigenvalue weighted by molar-refractivity contribution is 5.91. The summed E-state index contributed by atoms with van der Waals surface area (Å²) in [6, 6.07) is 2.94. The number of carbonyl (C=O) groups excluding carboxylic acids is 1. The molecule has 7 heteroatoms. The minimum atomic E-state index is -0.744. The van der Waals surface area contributed by atoms with Crippen LogP contribution in [0.4, 0.5) is 4.39 Å². The van der Waals surface area contributed by atoms with Gasteiger partial charge in [0.1, 0.15) is 11.8 Å². The van der Waals surface area contributed by atoms with Crippen molar-refractivity contribution in [1.29, 1.82) is 0 Å². The zero-order chi connectivity index (χ0) is 13.9. The Hall–Kier alpha value is -1.73. The molecule has 2 fully saturated rings. The lowest BCUT2D eigenvalue weighted by atomic mass is 10.2. The summed E-state index contributed by atoms with van der Waals surface area (Å²) in [6.45, 7) is 3.06. The number of hydrogen-bond donors (Lipinski definition) is 2. The monoisotopic (exact) mass is 280 g/mol. The fraction of sp³-hybridized carbons (Fsp3) is 0.538. The molecule has 0 saturated carbocycles. The van der Waals surface area contributed by atoms with E-state index < -0.39 is 5.95 Å². The van der Waals surface area contributed by atoms with E-state index in [2.05, 4.69) is 15.7 Å². The third kappa shape index (κ3) is 2.88. The molecule has 0 atom stereocenters. The number of amides is 1. The SMILES string of the molecule is O=C(NN1CCCC1)c1ccc(OC2CNC2)c(F)n1. The van der Waals surface area contributed by atoms with Gasteiger partial charge in [0.15, 0.2) is 5.75 Å². The Labute approximate surface area is 116 Å². The second-order valence-electron chi connectivity index (χ2n) is 5.02.